The van der Waals surface area contributed by atoms with E-state index in [0.717, 1.165) is 5.56 Å². The first-order valence-electron chi connectivity index (χ1n) is 9.21. The zero-order valence-corrected chi connectivity index (χ0v) is 17.0. The van der Waals surface area contributed by atoms with Gasteiger partial charge in [-0.2, -0.15) is 0 Å². The normalized spacial score (nSPS) is 10.5. The Balaban J connectivity index is 1.78. The number of Topliss-reactive ketones (excluding diaryl/α,β-unsaturated/α-hetero) is 1. The van der Waals surface area contributed by atoms with Crippen LogP contribution in [-0.2, 0) is 11.3 Å². The fraction of sp³-hybridized carbons (Fsp3) is 0.217. The molecule has 6 nitrogen and oxygen atoms in total. The summed E-state index contributed by atoms with van der Waals surface area (Å²) in [6, 6.07) is 14.5. The third-order valence-electron chi connectivity index (χ3n) is 4.80. The molecule has 0 aliphatic heterocycles. The number of anilines is 1. The smallest absolute Gasteiger partial charge is 0.298 e. The first-order chi connectivity index (χ1) is 13.9. The number of benzene rings is 2. The molecule has 150 valence electrons. The van der Waals surface area contributed by atoms with Gasteiger partial charge in [0.2, 0.25) is 0 Å². The van der Waals surface area contributed by atoms with Crippen LogP contribution in [0.4, 0.5) is 5.69 Å². The van der Waals surface area contributed by atoms with E-state index in [0.29, 0.717) is 29.4 Å². The van der Waals surface area contributed by atoms with E-state index in [9.17, 15) is 9.59 Å². The second-order valence-corrected chi connectivity index (χ2v) is 6.82. The molecule has 2 aromatic carbocycles. The molecule has 0 saturated heterocycles. The van der Waals surface area contributed by atoms with Crippen LogP contribution in [0.5, 0.6) is 11.5 Å². The number of rotatable bonds is 7. The Morgan fingerprint density at radius 2 is 1.62 bits per heavy atom. The van der Waals surface area contributed by atoms with E-state index in [1.54, 1.807) is 41.1 Å². The molecule has 0 fully saturated rings. The molecule has 0 saturated carbocycles. The zero-order valence-electron chi connectivity index (χ0n) is 17.0. The molecule has 3 rings (SSSR count). The van der Waals surface area contributed by atoms with Gasteiger partial charge in [-0.15, -0.1) is 0 Å². The van der Waals surface area contributed by atoms with Gasteiger partial charge in [0.1, 0.15) is 11.5 Å². The maximum absolute atomic E-state index is 12.8. The summed E-state index contributed by atoms with van der Waals surface area (Å²) in [5.41, 5.74) is 4.22. The van der Waals surface area contributed by atoms with Crippen LogP contribution in [0.25, 0.3) is 0 Å². The number of carbonyl (C=O) groups excluding carboxylic acids is 2. The number of ketones is 1. The molecule has 6 heteroatoms. The van der Waals surface area contributed by atoms with Crippen molar-refractivity contribution in [3.05, 3.63) is 77.1 Å². The molecule has 1 N–H and O–H groups in total. The van der Waals surface area contributed by atoms with E-state index in [4.69, 9.17) is 9.47 Å². The number of aromatic nitrogens is 1. The quantitative estimate of drug-likeness (QED) is 0.488. The molecule has 0 radical (unpaired) electrons. The number of methoxy groups -OCH3 is 2. The standard InChI is InChI=1S/C23H24N2O4/c1-15-7-8-17(10-16(15)2)14-25-9-5-6-21(25)22(26)23(27)24-18-11-19(28-3)13-20(12-18)29-4/h5-13H,14H2,1-4H3,(H,24,27). The predicted molar refractivity (Wildman–Crippen MR) is 112 cm³/mol. The molecule has 3 aromatic rings. The lowest BCUT2D eigenvalue weighted by Crippen LogP contribution is -2.25. The molecular weight excluding hydrogens is 368 g/mol. The number of nitrogens with one attached hydrogen (secondary N) is 1. The first-order valence-corrected chi connectivity index (χ1v) is 9.21. The van der Waals surface area contributed by atoms with Gasteiger partial charge in [0.25, 0.3) is 11.7 Å². The van der Waals surface area contributed by atoms with E-state index in [-0.39, 0.29) is 0 Å². The van der Waals surface area contributed by atoms with E-state index >= 15 is 0 Å². The minimum atomic E-state index is -0.722. The lowest BCUT2D eigenvalue weighted by Gasteiger charge is -2.12. The summed E-state index contributed by atoms with van der Waals surface area (Å²) in [6.07, 6.45) is 1.80. The molecule has 1 aromatic heterocycles. The molecule has 0 aliphatic rings. The maximum atomic E-state index is 12.8. The highest BCUT2D eigenvalue weighted by Gasteiger charge is 2.20. The average molecular weight is 392 g/mol. The van der Waals surface area contributed by atoms with Gasteiger partial charge in [-0.3, -0.25) is 9.59 Å². The summed E-state index contributed by atoms with van der Waals surface area (Å²) in [5.74, 6) is -0.295. The van der Waals surface area contributed by atoms with Crippen molar-refractivity contribution >= 4 is 17.4 Å². The lowest BCUT2D eigenvalue weighted by molar-refractivity contribution is -0.112. The fourth-order valence-electron chi connectivity index (χ4n) is 3.04. The number of hydrogen-bond donors (Lipinski definition) is 1. The van der Waals surface area contributed by atoms with Gasteiger partial charge in [0.05, 0.1) is 19.9 Å². The van der Waals surface area contributed by atoms with E-state index in [1.807, 2.05) is 6.07 Å². The highest BCUT2D eigenvalue weighted by molar-refractivity contribution is 6.46. The number of carbonyl (C=O) groups is 2. The number of amides is 1. The summed E-state index contributed by atoms with van der Waals surface area (Å²) in [7, 11) is 3.04. The van der Waals surface area contributed by atoms with Gasteiger partial charge >= 0.3 is 0 Å². The first kappa shape index (κ1) is 20.2. The Bertz CT molecular complexity index is 1030. The van der Waals surface area contributed by atoms with Gasteiger partial charge in [-0.25, -0.2) is 0 Å². The lowest BCUT2D eigenvalue weighted by atomic mass is 10.1. The molecular formula is C23H24N2O4. The van der Waals surface area contributed by atoms with Crippen LogP contribution in [0.2, 0.25) is 0 Å². The topological polar surface area (TPSA) is 69.6 Å². The molecule has 0 atom stereocenters. The molecule has 0 bridgehead atoms. The number of hydrogen-bond acceptors (Lipinski definition) is 4. The van der Waals surface area contributed by atoms with Crippen LogP contribution in [0, 0.1) is 13.8 Å². The Kier molecular flexibility index (Phi) is 6.02. The second-order valence-electron chi connectivity index (χ2n) is 6.82. The molecule has 1 amide bonds. The highest BCUT2D eigenvalue weighted by atomic mass is 16.5. The predicted octanol–water partition coefficient (Wildman–Crippen LogP) is 3.99. The van der Waals surface area contributed by atoms with Crippen LogP contribution < -0.4 is 14.8 Å². The van der Waals surface area contributed by atoms with Crippen LogP contribution >= 0.6 is 0 Å². The number of ether oxygens (including phenoxy) is 2. The average Bonchev–Trinajstić information content (AvgIpc) is 3.17. The fourth-order valence-corrected chi connectivity index (χ4v) is 3.04. The third kappa shape index (κ3) is 4.66. The molecule has 1 heterocycles. The maximum Gasteiger partial charge on any atom is 0.298 e. The van der Waals surface area contributed by atoms with Crippen LogP contribution in [0.3, 0.4) is 0 Å². The largest absolute Gasteiger partial charge is 0.497 e. The molecule has 0 spiro atoms. The van der Waals surface area contributed by atoms with E-state index in [1.165, 1.54) is 25.3 Å². The Morgan fingerprint density at radius 3 is 2.24 bits per heavy atom. The van der Waals surface area contributed by atoms with Gasteiger partial charge in [-0.1, -0.05) is 18.2 Å². The Morgan fingerprint density at radius 1 is 0.931 bits per heavy atom. The number of nitrogens with zero attached hydrogens (tertiary/aromatic N) is 1. The Hall–Kier alpha value is -3.54. The van der Waals surface area contributed by atoms with Crippen molar-refractivity contribution in [2.75, 3.05) is 19.5 Å². The van der Waals surface area contributed by atoms with Crippen molar-refractivity contribution in [3.63, 3.8) is 0 Å². The summed E-state index contributed by atoms with van der Waals surface area (Å²) in [4.78, 5) is 25.3. The van der Waals surface area contributed by atoms with Gasteiger partial charge in [-0.05, 0) is 42.7 Å². The van der Waals surface area contributed by atoms with Crippen LogP contribution in [0.1, 0.15) is 27.2 Å². The SMILES string of the molecule is COc1cc(NC(=O)C(=O)c2cccn2Cc2ccc(C)c(C)c2)cc(OC)c1. The van der Waals surface area contributed by atoms with Crippen LogP contribution in [-0.4, -0.2) is 30.5 Å². The number of aryl methyl sites for hydroxylation is 2. The van der Waals surface area contributed by atoms with Crippen molar-refractivity contribution in [3.8, 4) is 11.5 Å². The van der Waals surface area contributed by atoms with Crippen molar-refractivity contribution < 1.29 is 19.1 Å². The summed E-state index contributed by atoms with van der Waals surface area (Å²) >= 11 is 0. The zero-order chi connectivity index (χ0) is 21.0. The Labute approximate surface area is 170 Å². The molecule has 29 heavy (non-hydrogen) atoms. The monoisotopic (exact) mass is 392 g/mol. The van der Waals surface area contributed by atoms with Crippen molar-refractivity contribution in [2.24, 2.45) is 0 Å². The highest BCUT2D eigenvalue weighted by Crippen LogP contribution is 2.26. The van der Waals surface area contributed by atoms with Crippen LogP contribution in [0.15, 0.2) is 54.7 Å². The minimum absolute atomic E-state index is 0.329. The summed E-state index contributed by atoms with van der Waals surface area (Å²) in [6.45, 7) is 4.62. The van der Waals surface area contributed by atoms with E-state index in [2.05, 4.69) is 31.3 Å². The molecule has 0 unspecified atom stereocenters. The third-order valence-corrected chi connectivity index (χ3v) is 4.80. The summed E-state index contributed by atoms with van der Waals surface area (Å²) in [5, 5.41) is 2.63. The van der Waals surface area contributed by atoms with E-state index < -0.39 is 11.7 Å². The summed E-state index contributed by atoms with van der Waals surface area (Å²) < 4.78 is 12.2. The van der Waals surface area contributed by atoms with Gasteiger partial charge in [0.15, 0.2) is 0 Å². The minimum Gasteiger partial charge on any atom is -0.497 e. The van der Waals surface area contributed by atoms with Crippen molar-refractivity contribution in [2.45, 2.75) is 20.4 Å². The van der Waals surface area contributed by atoms with Crippen molar-refractivity contribution in [1.82, 2.24) is 4.57 Å². The van der Waals surface area contributed by atoms with Crippen molar-refractivity contribution in [1.29, 1.82) is 0 Å². The molecule has 0 aliphatic carbocycles. The van der Waals surface area contributed by atoms with Gasteiger partial charge in [0, 0.05) is 36.6 Å². The second kappa shape index (κ2) is 8.65. The van der Waals surface area contributed by atoms with Gasteiger partial charge < -0.3 is 19.4 Å².